The quantitative estimate of drug-likeness (QED) is 0.828. The molecule has 1 heterocycles. The zero-order chi connectivity index (χ0) is 15.2. The van der Waals surface area contributed by atoms with Crippen molar-refractivity contribution in [3.8, 4) is 0 Å². The van der Waals surface area contributed by atoms with Crippen molar-refractivity contribution >= 4 is 11.9 Å². The number of imide groups is 1. The third-order valence-electron chi connectivity index (χ3n) is 4.31. The molecule has 1 aliphatic carbocycles. The maximum atomic E-state index is 12.9. The third kappa shape index (κ3) is 2.40. The molecule has 5 nitrogen and oxygen atoms in total. The van der Waals surface area contributed by atoms with Crippen LogP contribution in [0.1, 0.15) is 31.4 Å². The summed E-state index contributed by atoms with van der Waals surface area (Å²) in [5, 5.41) is 12.9. The molecule has 1 saturated heterocycles. The molecule has 112 valence electrons. The van der Waals surface area contributed by atoms with Gasteiger partial charge in [0.1, 0.15) is 11.4 Å². The number of rotatable bonds is 4. The van der Waals surface area contributed by atoms with Crippen LogP contribution in [0.4, 0.5) is 9.18 Å². The minimum Gasteiger partial charge on any atom is -0.387 e. The van der Waals surface area contributed by atoms with E-state index in [2.05, 4.69) is 5.32 Å². The van der Waals surface area contributed by atoms with Crippen molar-refractivity contribution < 1.29 is 19.1 Å². The molecule has 2 unspecified atom stereocenters. The van der Waals surface area contributed by atoms with Crippen molar-refractivity contribution in [2.45, 2.75) is 31.4 Å². The number of halogens is 1. The summed E-state index contributed by atoms with van der Waals surface area (Å²) in [7, 11) is 0. The fourth-order valence-corrected chi connectivity index (χ4v) is 2.78. The summed E-state index contributed by atoms with van der Waals surface area (Å²) in [6.07, 6.45) is 0.829. The maximum Gasteiger partial charge on any atom is 0.325 e. The fraction of sp³-hybridized carbons (Fsp3) is 0.467. The Morgan fingerprint density at radius 1 is 1.38 bits per heavy atom. The molecular formula is C15H17FN2O3. The van der Waals surface area contributed by atoms with E-state index in [1.165, 1.54) is 24.3 Å². The lowest BCUT2D eigenvalue weighted by Crippen LogP contribution is -2.46. The van der Waals surface area contributed by atoms with Crippen LogP contribution in [0.5, 0.6) is 0 Å². The lowest BCUT2D eigenvalue weighted by molar-refractivity contribution is -0.132. The van der Waals surface area contributed by atoms with Gasteiger partial charge in [0, 0.05) is 0 Å². The molecule has 3 rings (SSSR count). The number of benzene rings is 1. The van der Waals surface area contributed by atoms with Gasteiger partial charge in [0.2, 0.25) is 0 Å². The summed E-state index contributed by atoms with van der Waals surface area (Å²) in [6, 6.07) is 4.88. The molecule has 0 spiro atoms. The number of amides is 3. The van der Waals surface area contributed by atoms with E-state index in [1.54, 1.807) is 6.92 Å². The van der Waals surface area contributed by atoms with Gasteiger partial charge in [-0.25, -0.2) is 9.18 Å². The summed E-state index contributed by atoms with van der Waals surface area (Å²) in [4.78, 5) is 25.4. The van der Waals surface area contributed by atoms with Crippen LogP contribution in [-0.2, 0) is 4.79 Å². The Morgan fingerprint density at radius 2 is 2.00 bits per heavy atom. The van der Waals surface area contributed by atoms with E-state index in [0.717, 1.165) is 17.7 Å². The maximum absolute atomic E-state index is 12.9. The number of hydrogen-bond donors (Lipinski definition) is 2. The highest BCUT2D eigenvalue weighted by Gasteiger charge is 2.56. The van der Waals surface area contributed by atoms with Crippen molar-refractivity contribution in [2.75, 3.05) is 6.54 Å². The lowest BCUT2D eigenvalue weighted by Gasteiger charge is -2.22. The van der Waals surface area contributed by atoms with Gasteiger partial charge in [-0.1, -0.05) is 12.1 Å². The standard InChI is InChI=1S/C15H17FN2O3/c1-15(10-4-5-10)13(20)18(14(21)17-15)8-12(19)9-2-6-11(16)7-3-9/h2-3,6-7,10,12,19H,4-5,8H2,1H3,(H,17,21). The molecule has 2 N–H and O–H groups in total. The molecule has 0 aromatic heterocycles. The number of aliphatic hydroxyl groups is 1. The minimum absolute atomic E-state index is 0.126. The Balaban J connectivity index is 1.73. The second kappa shape index (κ2) is 4.80. The predicted molar refractivity (Wildman–Crippen MR) is 72.7 cm³/mol. The van der Waals surface area contributed by atoms with E-state index in [1.807, 2.05) is 0 Å². The number of aliphatic hydroxyl groups excluding tert-OH is 1. The van der Waals surface area contributed by atoms with Gasteiger partial charge in [0.25, 0.3) is 5.91 Å². The van der Waals surface area contributed by atoms with Crippen molar-refractivity contribution in [1.82, 2.24) is 10.2 Å². The van der Waals surface area contributed by atoms with Crippen molar-refractivity contribution in [3.63, 3.8) is 0 Å². The van der Waals surface area contributed by atoms with E-state index in [4.69, 9.17) is 0 Å². The third-order valence-corrected chi connectivity index (χ3v) is 4.31. The Bertz CT molecular complexity index is 585. The average Bonchev–Trinajstić information content (AvgIpc) is 3.26. The van der Waals surface area contributed by atoms with Crippen LogP contribution in [0.2, 0.25) is 0 Å². The normalized spacial score (nSPS) is 26.9. The lowest BCUT2D eigenvalue weighted by atomic mass is 9.96. The van der Waals surface area contributed by atoms with Crippen LogP contribution < -0.4 is 5.32 Å². The molecule has 3 amide bonds. The van der Waals surface area contributed by atoms with E-state index >= 15 is 0 Å². The molecule has 2 fully saturated rings. The Labute approximate surface area is 121 Å². The number of nitrogens with zero attached hydrogens (tertiary/aromatic N) is 1. The van der Waals surface area contributed by atoms with Gasteiger partial charge in [0.15, 0.2) is 0 Å². The monoisotopic (exact) mass is 292 g/mol. The first kappa shape index (κ1) is 14.0. The molecule has 0 radical (unpaired) electrons. The molecule has 2 atom stereocenters. The second-order valence-corrected chi connectivity index (χ2v) is 5.89. The van der Waals surface area contributed by atoms with Crippen LogP contribution in [0.15, 0.2) is 24.3 Å². The summed E-state index contributed by atoms with van der Waals surface area (Å²) in [6.45, 7) is 1.60. The number of carbonyl (C=O) groups excluding carboxylic acids is 2. The summed E-state index contributed by atoms with van der Waals surface area (Å²) < 4.78 is 12.9. The SMILES string of the molecule is CC1(C2CC2)NC(=O)N(CC(O)c2ccc(F)cc2)C1=O. The van der Waals surface area contributed by atoms with Crippen LogP contribution in [-0.4, -0.2) is 34.0 Å². The van der Waals surface area contributed by atoms with Crippen LogP contribution in [0.25, 0.3) is 0 Å². The zero-order valence-corrected chi connectivity index (χ0v) is 11.7. The molecule has 0 bridgehead atoms. The van der Waals surface area contributed by atoms with Gasteiger partial charge in [-0.2, -0.15) is 0 Å². The number of hydrogen-bond acceptors (Lipinski definition) is 3. The molecule has 1 saturated carbocycles. The molecule has 1 aromatic carbocycles. The topological polar surface area (TPSA) is 69.6 Å². The van der Waals surface area contributed by atoms with Crippen LogP contribution in [0.3, 0.4) is 0 Å². The Kier molecular flexibility index (Phi) is 3.20. The van der Waals surface area contributed by atoms with Crippen molar-refractivity contribution in [2.24, 2.45) is 5.92 Å². The first-order valence-electron chi connectivity index (χ1n) is 6.99. The fourth-order valence-electron chi connectivity index (χ4n) is 2.78. The first-order valence-corrected chi connectivity index (χ1v) is 6.99. The predicted octanol–water partition coefficient (Wildman–Crippen LogP) is 1.58. The van der Waals surface area contributed by atoms with E-state index < -0.39 is 23.5 Å². The number of β-amino-alcohol motifs (C(OH)–C–C–N with tert-alkyl or cyclic N) is 1. The van der Waals surface area contributed by atoms with Gasteiger partial charge in [-0.3, -0.25) is 9.69 Å². The summed E-state index contributed by atoms with van der Waals surface area (Å²) in [5.74, 6) is -0.514. The summed E-state index contributed by atoms with van der Waals surface area (Å²) >= 11 is 0. The average molecular weight is 292 g/mol. The van der Waals surface area contributed by atoms with Gasteiger partial charge in [-0.15, -0.1) is 0 Å². The highest BCUT2D eigenvalue weighted by atomic mass is 19.1. The van der Waals surface area contributed by atoms with E-state index in [-0.39, 0.29) is 18.4 Å². The second-order valence-electron chi connectivity index (χ2n) is 5.89. The smallest absolute Gasteiger partial charge is 0.325 e. The zero-order valence-electron chi connectivity index (χ0n) is 11.7. The van der Waals surface area contributed by atoms with Gasteiger partial charge >= 0.3 is 6.03 Å². The molecule has 1 aromatic rings. The highest BCUT2D eigenvalue weighted by molar-refractivity contribution is 6.07. The molecule has 6 heteroatoms. The number of carbonyl (C=O) groups is 2. The van der Waals surface area contributed by atoms with Crippen molar-refractivity contribution in [3.05, 3.63) is 35.6 Å². The molecule has 2 aliphatic rings. The van der Waals surface area contributed by atoms with E-state index in [0.29, 0.717) is 5.56 Å². The highest BCUT2D eigenvalue weighted by Crippen LogP contribution is 2.42. The van der Waals surface area contributed by atoms with Crippen LogP contribution in [0, 0.1) is 11.7 Å². The minimum atomic E-state index is -1.03. The van der Waals surface area contributed by atoms with Gasteiger partial charge < -0.3 is 10.4 Å². The molecular weight excluding hydrogens is 275 g/mol. The van der Waals surface area contributed by atoms with E-state index in [9.17, 15) is 19.1 Å². The number of urea groups is 1. The number of nitrogens with one attached hydrogen (secondary N) is 1. The van der Waals surface area contributed by atoms with Crippen molar-refractivity contribution in [1.29, 1.82) is 0 Å². The largest absolute Gasteiger partial charge is 0.387 e. The molecule has 1 aliphatic heterocycles. The van der Waals surface area contributed by atoms with Gasteiger partial charge in [-0.05, 0) is 43.4 Å². The Morgan fingerprint density at radius 3 is 2.57 bits per heavy atom. The first-order chi connectivity index (χ1) is 9.91. The van der Waals surface area contributed by atoms with Gasteiger partial charge in [0.05, 0.1) is 12.6 Å². The Hall–Kier alpha value is -1.95. The summed E-state index contributed by atoms with van der Waals surface area (Å²) in [5.41, 5.74) is -0.378. The van der Waals surface area contributed by atoms with Crippen LogP contribution >= 0.6 is 0 Å². The molecule has 21 heavy (non-hydrogen) atoms.